The van der Waals surface area contributed by atoms with Crippen LogP contribution in [0.25, 0.3) is 0 Å². The molecule has 5 nitrogen and oxygen atoms in total. The molecule has 0 heterocycles. The zero-order valence-corrected chi connectivity index (χ0v) is 9.78. The Morgan fingerprint density at radius 3 is 2.20 bits per heavy atom. The second-order valence-corrected chi connectivity index (χ2v) is 4.91. The van der Waals surface area contributed by atoms with Gasteiger partial charge in [0, 0.05) is 6.42 Å². The summed E-state index contributed by atoms with van der Waals surface area (Å²) in [6.07, 6.45) is 0.123. The summed E-state index contributed by atoms with van der Waals surface area (Å²) in [5, 5.41) is 18.9. The Hall–Kier alpha value is -0.650. The van der Waals surface area contributed by atoms with Crippen LogP contribution in [0.15, 0.2) is 0 Å². The second-order valence-electron chi connectivity index (χ2n) is 4.91. The van der Waals surface area contributed by atoms with Gasteiger partial charge in [-0.3, -0.25) is 5.73 Å². The van der Waals surface area contributed by atoms with Gasteiger partial charge in [-0.15, -0.1) is 0 Å². The third kappa shape index (κ3) is 6.43. The van der Waals surface area contributed by atoms with Crippen molar-refractivity contribution in [1.82, 2.24) is 0 Å². The van der Waals surface area contributed by atoms with Gasteiger partial charge in [-0.1, -0.05) is 13.8 Å². The van der Waals surface area contributed by atoms with Gasteiger partial charge >= 0.3 is 5.97 Å². The van der Waals surface area contributed by atoms with E-state index >= 15 is 0 Å². The molecule has 0 aliphatic rings. The molecule has 0 aliphatic carbocycles. The van der Waals surface area contributed by atoms with Crippen molar-refractivity contribution < 1.29 is 19.7 Å². The average Bonchev–Trinajstić information content (AvgIpc) is 1.95. The maximum absolute atomic E-state index is 11.3. The van der Waals surface area contributed by atoms with E-state index in [1.54, 1.807) is 0 Å². The first kappa shape index (κ1) is 14.3. The number of nitrogens with two attached hydrogens (primary N) is 1. The fourth-order valence-electron chi connectivity index (χ4n) is 1.07. The topological polar surface area (TPSA) is 92.8 Å². The third-order valence-electron chi connectivity index (χ3n) is 1.63. The molecule has 0 fully saturated rings. The Kier molecular flexibility index (Phi) is 4.70. The van der Waals surface area contributed by atoms with Crippen LogP contribution in [0.2, 0.25) is 0 Å². The smallest absolute Gasteiger partial charge is 0.353 e. The van der Waals surface area contributed by atoms with Gasteiger partial charge in [0.15, 0.2) is 0 Å². The van der Waals surface area contributed by atoms with Crippen LogP contribution in [-0.2, 0) is 9.53 Å². The van der Waals surface area contributed by atoms with Gasteiger partial charge in [-0.05, 0) is 19.8 Å². The van der Waals surface area contributed by atoms with Gasteiger partial charge in [-0.25, -0.2) is 4.79 Å². The molecule has 0 aromatic heterocycles. The van der Waals surface area contributed by atoms with Crippen molar-refractivity contribution in [3.63, 3.8) is 0 Å². The molecule has 0 aromatic carbocycles. The Labute approximate surface area is 90.2 Å². The summed E-state index contributed by atoms with van der Waals surface area (Å²) in [6.45, 7) is 6.47. The molecule has 0 rings (SSSR count). The highest BCUT2D eigenvalue weighted by atomic mass is 16.6. The van der Waals surface area contributed by atoms with Crippen molar-refractivity contribution >= 4 is 5.97 Å². The molecule has 90 valence electrons. The predicted molar refractivity (Wildman–Crippen MR) is 55.8 cm³/mol. The molecular weight excluding hydrogens is 198 g/mol. The number of carbonyl (C=O) groups is 1. The quantitative estimate of drug-likeness (QED) is 0.447. The Morgan fingerprint density at radius 2 is 1.87 bits per heavy atom. The monoisotopic (exact) mass is 219 g/mol. The first-order valence-corrected chi connectivity index (χ1v) is 4.95. The summed E-state index contributed by atoms with van der Waals surface area (Å²) < 4.78 is 4.71. The van der Waals surface area contributed by atoms with Crippen LogP contribution in [0.3, 0.4) is 0 Å². The minimum absolute atomic E-state index is 0.0784. The highest BCUT2D eigenvalue weighted by Crippen LogP contribution is 2.14. The number of ether oxygens (including phenoxy) is 1. The Morgan fingerprint density at radius 1 is 1.40 bits per heavy atom. The lowest BCUT2D eigenvalue weighted by atomic mass is 10.0. The molecule has 5 heteroatoms. The van der Waals surface area contributed by atoms with Crippen molar-refractivity contribution in [3.8, 4) is 0 Å². The van der Waals surface area contributed by atoms with Crippen molar-refractivity contribution in [1.29, 1.82) is 0 Å². The highest BCUT2D eigenvalue weighted by molar-refractivity contribution is 5.78. The van der Waals surface area contributed by atoms with Crippen molar-refractivity contribution in [2.75, 3.05) is 6.61 Å². The molecule has 0 radical (unpaired) electrons. The van der Waals surface area contributed by atoms with Gasteiger partial charge in [0.25, 0.3) is 0 Å². The molecule has 0 saturated carbocycles. The zero-order valence-electron chi connectivity index (χ0n) is 9.78. The molecule has 0 unspecified atom stereocenters. The van der Waals surface area contributed by atoms with E-state index in [4.69, 9.17) is 10.5 Å². The summed E-state index contributed by atoms with van der Waals surface area (Å²) in [5.74, 6) is -0.826. The maximum atomic E-state index is 11.3. The second kappa shape index (κ2) is 4.92. The number of carbonyl (C=O) groups excluding carboxylic acids is 1. The number of aliphatic hydroxyl groups is 2. The van der Waals surface area contributed by atoms with E-state index in [-0.39, 0.29) is 18.9 Å². The number of hydrogen-bond acceptors (Lipinski definition) is 5. The van der Waals surface area contributed by atoms with Gasteiger partial charge in [-0.2, -0.15) is 0 Å². The van der Waals surface area contributed by atoms with Crippen molar-refractivity contribution in [2.24, 2.45) is 11.7 Å². The van der Waals surface area contributed by atoms with Crippen molar-refractivity contribution in [3.05, 3.63) is 0 Å². The lowest BCUT2D eigenvalue weighted by Crippen LogP contribution is -2.50. The van der Waals surface area contributed by atoms with E-state index in [2.05, 4.69) is 0 Å². The number of esters is 1. The fourth-order valence-corrected chi connectivity index (χ4v) is 1.07. The first-order chi connectivity index (χ1) is 6.54. The average molecular weight is 219 g/mol. The van der Waals surface area contributed by atoms with Crippen LogP contribution < -0.4 is 5.73 Å². The molecule has 4 N–H and O–H groups in total. The van der Waals surface area contributed by atoms with Crippen LogP contribution >= 0.6 is 0 Å². The van der Waals surface area contributed by atoms with E-state index < -0.39 is 17.3 Å². The normalized spacial score (nSPS) is 16.3. The van der Waals surface area contributed by atoms with Crippen LogP contribution in [0.5, 0.6) is 0 Å². The SMILES string of the molecule is CC(C)C[C@@](N)(O)C(=O)OCC(C)(C)O. The third-order valence-corrected chi connectivity index (χ3v) is 1.63. The van der Waals surface area contributed by atoms with E-state index in [1.807, 2.05) is 13.8 Å². The van der Waals surface area contributed by atoms with Gasteiger partial charge in [0.1, 0.15) is 6.61 Å². The molecule has 1 atom stereocenters. The van der Waals surface area contributed by atoms with E-state index in [1.165, 1.54) is 13.8 Å². The minimum atomic E-state index is -1.97. The lowest BCUT2D eigenvalue weighted by Gasteiger charge is -2.25. The molecule has 0 spiro atoms. The van der Waals surface area contributed by atoms with E-state index in [0.29, 0.717) is 0 Å². The maximum Gasteiger partial charge on any atom is 0.353 e. The van der Waals surface area contributed by atoms with Gasteiger partial charge < -0.3 is 14.9 Å². The number of hydrogen-bond donors (Lipinski definition) is 3. The molecule has 0 amide bonds. The standard InChI is InChI=1S/C10H21NO4/c1-7(2)5-10(11,14)8(12)15-6-9(3,4)13/h7,13-14H,5-6,11H2,1-4H3/t10-/m1/s1. The summed E-state index contributed by atoms with van der Waals surface area (Å²) in [5.41, 5.74) is 2.30. The van der Waals surface area contributed by atoms with Crippen LogP contribution in [-0.4, -0.2) is 34.1 Å². The minimum Gasteiger partial charge on any atom is -0.459 e. The van der Waals surface area contributed by atoms with E-state index in [9.17, 15) is 15.0 Å². The summed E-state index contributed by atoms with van der Waals surface area (Å²) in [6, 6.07) is 0. The molecular formula is C10H21NO4. The fraction of sp³-hybridized carbons (Fsp3) is 0.900. The molecule has 0 aromatic rings. The van der Waals surface area contributed by atoms with Gasteiger partial charge in [0.2, 0.25) is 5.72 Å². The summed E-state index contributed by atoms with van der Waals surface area (Å²) in [7, 11) is 0. The molecule has 0 aliphatic heterocycles. The predicted octanol–water partition coefficient (Wildman–Crippen LogP) is -0.00610. The lowest BCUT2D eigenvalue weighted by molar-refractivity contribution is -0.172. The molecule has 0 saturated heterocycles. The first-order valence-electron chi connectivity index (χ1n) is 4.95. The van der Waals surface area contributed by atoms with Crippen LogP contribution in [0.1, 0.15) is 34.1 Å². The Bertz CT molecular complexity index is 218. The summed E-state index contributed by atoms with van der Waals surface area (Å²) >= 11 is 0. The molecule has 15 heavy (non-hydrogen) atoms. The number of rotatable bonds is 5. The largest absolute Gasteiger partial charge is 0.459 e. The van der Waals surface area contributed by atoms with E-state index in [0.717, 1.165) is 0 Å². The van der Waals surface area contributed by atoms with Crippen LogP contribution in [0, 0.1) is 5.92 Å². The zero-order chi connectivity index (χ0) is 12.3. The summed E-state index contributed by atoms with van der Waals surface area (Å²) in [4.78, 5) is 11.3. The van der Waals surface area contributed by atoms with Gasteiger partial charge in [0.05, 0.1) is 5.60 Å². The Balaban J connectivity index is 4.20. The molecule has 0 bridgehead atoms. The van der Waals surface area contributed by atoms with Crippen molar-refractivity contribution in [2.45, 2.75) is 45.4 Å². The van der Waals surface area contributed by atoms with Crippen LogP contribution in [0.4, 0.5) is 0 Å². The highest BCUT2D eigenvalue weighted by Gasteiger charge is 2.34.